The SMILES string of the molecule is O=C(Nc1ccc2c(c1)OC(F)(F)O2)Nc1ccc2nc(N3CC4CCC3CC4)ccc2c1. The van der Waals surface area contributed by atoms with Crippen LogP contribution in [0.1, 0.15) is 25.7 Å². The van der Waals surface area contributed by atoms with E-state index in [9.17, 15) is 13.6 Å². The van der Waals surface area contributed by atoms with Crippen LogP contribution in [-0.2, 0) is 0 Å². The van der Waals surface area contributed by atoms with Gasteiger partial charge in [-0.15, -0.1) is 8.78 Å². The second-order valence-electron chi connectivity index (χ2n) is 8.81. The maximum atomic E-state index is 13.2. The van der Waals surface area contributed by atoms with Gasteiger partial charge in [0.05, 0.1) is 5.52 Å². The topological polar surface area (TPSA) is 75.7 Å². The third-order valence-electron chi connectivity index (χ3n) is 6.60. The number of hydrogen-bond donors (Lipinski definition) is 2. The van der Waals surface area contributed by atoms with E-state index in [0.717, 1.165) is 29.2 Å². The average Bonchev–Trinajstić information content (AvgIpc) is 3.12. The van der Waals surface area contributed by atoms with E-state index in [1.165, 1.54) is 43.9 Å². The highest BCUT2D eigenvalue weighted by Crippen LogP contribution is 2.42. The molecule has 3 fully saturated rings. The van der Waals surface area contributed by atoms with E-state index in [0.29, 0.717) is 17.4 Å². The van der Waals surface area contributed by atoms with Crippen LogP contribution in [0.3, 0.4) is 0 Å². The summed E-state index contributed by atoms with van der Waals surface area (Å²) < 4.78 is 35.1. The van der Waals surface area contributed by atoms with Crippen molar-refractivity contribution in [2.75, 3.05) is 22.1 Å². The predicted molar refractivity (Wildman–Crippen MR) is 120 cm³/mol. The molecule has 4 aliphatic rings. The molecule has 170 valence electrons. The van der Waals surface area contributed by atoms with Crippen molar-refractivity contribution in [2.24, 2.45) is 5.92 Å². The van der Waals surface area contributed by atoms with Gasteiger partial charge in [0.1, 0.15) is 5.82 Å². The number of amides is 2. The first kappa shape index (κ1) is 20.0. The molecule has 2 aromatic carbocycles. The lowest BCUT2D eigenvalue weighted by molar-refractivity contribution is -0.286. The summed E-state index contributed by atoms with van der Waals surface area (Å²) >= 11 is 0. The fraction of sp³-hybridized carbons (Fsp3) is 0.333. The van der Waals surface area contributed by atoms with Crippen LogP contribution in [-0.4, -0.2) is 29.9 Å². The number of nitrogens with zero attached hydrogens (tertiary/aromatic N) is 2. The lowest BCUT2D eigenvalue weighted by atomic mass is 9.80. The number of fused-ring (bicyclic) bond motifs is 5. The summed E-state index contributed by atoms with van der Waals surface area (Å²) in [5, 5.41) is 6.29. The second kappa shape index (κ2) is 7.47. The zero-order valence-corrected chi connectivity index (χ0v) is 17.7. The molecule has 7 rings (SSSR count). The molecule has 2 saturated heterocycles. The summed E-state index contributed by atoms with van der Waals surface area (Å²) in [6.07, 6.45) is 1.44. The zero-order chi connectivity index (χ0) is 22.6. The summed E-state index contributed by atoms with van der Waals surface area (Å²) in [4.78, 5) is 19.7. The Morgan fingerprint density at radius 1 is 0.939 bits per heavy atom. The Bertz CT molecular complexity index is 1240. The Balaban J connectivity index is 1.14. The van der Waals surface area contributed by atoms with Gasteiger partial charge in [-0.3, -0.25) is 0 Å². The molecule has 0 unspecified atom stereocenters. The Labute approximate surface area is 188 Å². The van der Waals surface area contributed by atoms with Crippen LogP contribution in [0.25, 0.3) is 10.9 Å². The molecule has 2 amide bonds. The predicted octanol–water partition coefficient (Wildman–Crippen LogP) is 5.58. The third kappa shape index (κ3) is 3.88. The summed E-state index contributed by atoms with van der Waals surface area (Å²) in [6, 6.07) is 13.8. The number of rotatable bonds is 3. The number of hydrogen-bond acceptors (Lipinski definition) is 5. The molecule has 4 heterocycles. The van der Waals surface area contributed by atoms with Crippen LogP contribution >= 0.6 is 0 Å². The minimum atomic E-state index is -3.70. The lowest BCUT2D eigenvalue weighted by Gasteiger charge is -2.46. The van der Waals surface area contributed by atoms with Crippen molar-refractivity contribution in [3.05, 3.63) is 48.5 Å². The Morgan fingerprint density at radius 3 is 2.42 bits per heavy atom. The zero-order valence-electron chi connectivity index (χ0n) is 17.7. The Hall–Kier alpha value is -3.62. The average molecular weight is 452 g/mol. The molecule has 7 nitrogen and oxygen atoms in total. The number of aromatic nitrogens is 1. The molecule has 3 aliphatic heterocycles. The number of carbonyl (C=O) groups excluding carboxylic acids is 1. The van der Waals surface area contributed by atoms with E-state index in [2.05, 4.69) is 31.1 Å². The third-order valence-corrected chi connectivity index (χ3v) is 6.60. The molecule has 9 heteroatoms. The number of halogens is 2. The molecule has 0 atom stereocenters. The van der Waals surface area contributed by atoms with Crippen LogP contribution in [0.4, 0.5) is 30.8 Å². The van der Waals surface area contributed by atoms with Crippen LogP contribution < -0.4 is 25.0 Å². The number of pyridine rings is 1. The monoisotopic (exact) mass is 452 g/mol. The number of piperidine rings is 2. The Morgan fingerprint density at radius 2 is 1.67 bits per heavy atom. The van der Waals surface area contributed by atoms with Gasteiger partial charge in [-0.2, -0.15) is 0 Å². The number of anilines is 3. The van der Waals surface area contributed by atoms with Gasteiger partial charge in [0.2, 0.25) is 0 Å². The van der Waals surface area contributed by atoms with Crippen molar-refractivity contribution in [1.29, 1.82) is 0 Å². The largest absolute Gasteiger partial charge is 0.586 e. The minimum Gasteiger partial charge on any atom is -0.395 e. The first-order chi connectivity index (χ1) is 15.9. The van der Waals surface area contributed by atoms with Crippen LogP contribution in [0.15, 0.2) is 48.5 Å². The number of nitrogens with one attached hydrogen (secondary N) is 2. The van der Waals surface area contributed by atoms with E-state index < -0.39 is 12.3 Å². The maximum absolute atomic E-state index is 13.2. The van der Waals surface area contributed by atoms with Crippen molar-refractivity contribution in [3.8, 4) is 11.5 Å². The van der Waals surface area contributed by atoms with E-state index in [4.69, 9.17) is 4.98 Å². The van der Waals surface area contributed by atoms with Crippen LogP contribution in [0.2, 0.25) is 0 Å². The number of urea groups is 1. The lowest BCUT2D eigenvalue weighted by Crippen LogP contribution is -2.48. The summed E-state index contributed by atoms with van der Waals surface area (Å²) in [6.45, 7) is 1.08. The number of alkyl halides is 2. The van der Waals surface area contributed by atoms with E-state index in [1.54, 1.807) is 6.07 Å². The quantitative estimate of drug-likeness (QED) is 0.543. The van der Waals surface area contributed by atoms with Gasteiger partial charge in [0, 0.05) is 35.4 Å². The molecule has 1 saturated carbocycles. The second-order valence-corrected chi connectivity index (χ2v) is 8.81. The van der Waals surface area contributed by atoms with Crippen molar-refractivity contribution >= 4 is 34.1 Å². The molecule has 33 heavy (non-hydrogen) atoms. The molecule has 1 aliphatic carbocycles. The summed E-state index contributed by atoms with van der Waals surface area (Å²) in [5.41, 5.74) is 1.77. The van der Waals surface area contributed by atoms with Gasteiger partial charge in [-0.25, -0.2) is 9.78 Å². The summed E-state index contributed by atoms with van der Waals surface area (Å²) in [5.74, 6) is 1.58. The first-order valence-corrected chi connectivity index (χ1v) is 11.1. The molecule has 2 N–H and O–H groups in total. The minimum absolute atomic E-state index is 0.0789. The van der Waals surface area contributed by atoms with E-state index in [-0.39, 0.29) is 11.5 Å². The van der Waals surface area contributed by atoms with Crippen molar-refractivity contribution in [2.45, 2.75) is 38.0 Å². The fourth-order valence-corrected chi connectivity index (χ4v) is 5.02. The summed E-state index contributed by atoms with van der Waals surface area (Å²) in [7, 11) is 0. The van der Waals surface area contributed by atoms with Crippen molar-refractivity contribution < 1.29 is 23.0 Å². The van der Waals surface area contributed by atoms with Crippen LogP contribution in [0, 0.1) is 5.92 Å². The fourth-order valence-electron chi connectivity index (χ4n) is 5.02. The molecule has 0 radical (unpaired) electrons. The smallest absolute Gasteiger partial charge is 0.395 e. The molecule has 0 spiro atoms. The Kier molecular flexibility index (Phi) is 4.53. The van der Waals surface area contributed by atoms with Gasteiger partial charge in [0.25, 0.3) is 0 Å². The first-order valence-electron chi connectivity index (χ1n) is 11.1. The van der Waals surface area contributed by atoms with E-state index in [1.807, 2.05) is 18.2 Å². The molecule has 1 aromatic heterocycles. The number of carbonyl (C=O) groups is 1. The molecule has 2 bridgehead atoms. The molecular weight excluding hydrogens is 430 g/mol. The standard InChI is InChI=1S/C24H22F2N4O3/c25-24(26)32-20-9-5-17(12-21(20)33-24)28-23(31)27-16-4-8-19-15(11-16)3-10-22(29-19)30-13-14-1-6-18(30)7-2-14/h3-5,8-12,14,18H,1-2,6-7,13H2,(H2,27,28,31). The van der Waals surface area contributed by atoms with Gasteiger partial charge < -0.3 is 25.0 Å². The van der Waals surface area contributed by atoms with Gasteiger partial charge in [-0.1, -0.05) is 0 Å². The maximum Gasteiger partial charge on any atom is 0.586 e. The van der Waals surface area contributed by atoms with Gasteiger partial charge in [0.15, 0.2) is 11.5 Å². The normalized spacial score (nSPS) is 22.4. The van der Waals surface area contributed by atoms with Crippen LogP contribution in [0.5, 0.6) is 11.5 Å². The van der Waals surface area contributed by atoms with Gasteiger partial charge >= 0.3 is 12.3 Å². The van der Waals surface area contributed by atoms with Crippen molar-refractivity contribution in [1.82, 2.24) is 4.98 Å². The highest BCUT2D eigenvalue weighted by Gasteiger charge is 2.43. The molecule has 3 aromatic rings. The van der Waals surface area contributed by atoms with Crippen molar-refractivity contribution in [3.63, 3.8) is 0 Å². The van der Waals surface area contributed by atoms with E-state index >= 15 is 0 Å². The highest BCUT2D eigenvalue weighted by molar-refractivity contribution is 6.01. The highest BCUT2D eigenvalue weighted by atomic mass is 19.3. The number of benzene rings is 2. The number of ether oxygens (including phenoxy) is 2. The van der Waals surface area contributed by atoms with Gasteiger partial charge in [-0.05, 0) is 74.1 Å². The molecular formula is C24H22F2N4O3.